The van der Waals surface area contributed by atoms with Crippen molar-refractivity contribution in [2.75, 3.05) is 0 Å². The minimum absolute atomic E-state index is 0.0401. The maximum absolute atomic E-state index is 12.5. The van der Waals surface area contributed by atoms with Crippen LogP contribution in [0.2, 0.25) is 0 Å². The Bertz CT molecular complexity index is 558. The van der Waals surface area contributed by atoms with Crippen molar-refractivity contribution in [3.05, 3.63) is 42.0 Å². The van der Waals surface area contributed by atoms with Crippen LogP contribution in [-0.4, -0.2) is 27.9 Å². The zero-order valence-corrected chi connectivity index (χ0v) is 11.2. The van der Waals surface area contributed by atoms with Crippen LogP contribution in [0.1, 0.15) is 41.6 Å². The molecule has 0 aromatic heterocycles. The summed E-state index contributed by atoms with van der Waals surface area (Å²) in [5.41, 5.74) is 2.26. The zero-order valence-electron chi connectivity index (χ0n) is 11.2. The molecule has 2 atom stereocenters. The van der Waals surface area contributed by atoms with Crippen LogP contribution in [0, 0.1) is 5.92 Å². The van der Waals surface area contributed by atoms with Gasteiger partial charge in [-0.05, 0) is 25.3 Å². The molecule has 0 spiro atoms. The summed E-state index contributed by atoms with van der Waals surface area (Å²) in [5, 5.41) is 9.18. The molecule has 2 aliphatic rings. The fourth-order valence-electron chi connectivity index (χ4n) is 3.31. The van der Waals surface area contributed by atoms with E-state index >= 15 is 0 Å². The molecule has 0 saturated heterocycles. The third-order valence-electron chi connectivity index (χ3n) is 4.34. The molecule has 1 heterocycles. The number of hydrogen-bond acceptors (Lipinski definition) is 2. The third kappa shape index (κ3) is 1.92. The van der Waals surface area contributed by atoms with Crippen molar-refractivity contribution in [1.82, 2.24) is 4.90 Å². The van der Waals surface area contributed by atoms with Crippen LogP contribution in [0.5, 0.6) is 0 Å². The first-order valence-corrected chi connectivity index (χ1v) is 6.94. The van der Waals surface area contributed by atoms with Crippen molar-refractivity contribution in [1.29, 1.82) is 0 Å². The minimum atomic E-state index is -0.760. The quantitative estimate of drug-likeness (QED) is 0.899. The average Bonchev–Trinajstić information content (AvgIpc) is 2.72. The number of carbonyl (C=O) groups excluding carboxylic acids is 1. The highest BCUT2D eigenvalue weighted by molar-refractivity contribution is 6.09. The molecular weight excluding hydrogens is 254 g/mol. The van der Waals surface area contributed by atoms with Gasteiger partial charge in [-0.1, -0.05) is 31.2 Å². The second-order valence-electron chi connectivity index (χ2n) is 5.52. The summed E-state index contributed by atoms with van der Waals surface area (Å²) in [4.78, 5) is 25.4. The van der Waals surface area contributed by atoms with Crippen molar-refractivity contribution in [2.45, 2.75) is 31.7 Å². The van der Waals surface area contributed by atoms with Crippen LogP contribution in [-0.2, 0) is 4.79 Å². The number of aliphatic carboxylic acids is 1. The summed E-state index contributed by atoms with van der Waals surface area (Å²) in [7, 11) is 0. The second-order valence-corrected chi connectivity index (χ2v) is 5.52. The monoisotopic (exact) mass is 271 g/mol. The van der Waals surface area contributed by atoms with Gasteiger partial charge in [0.15, 0.2) is 0 Å². The molecule has 0 radical (unpaired) electrons. The van der Waals surface area contributed by atoms with Crippen LogP contribution in [0.25, 0.3) is 5.70 Å². The van der Waals surface area contributed by atoms with Crippen LogP contribution >= 0.6 is 0 Å². The molecule has 3 rings (SSSR count). The predicted molar refractivity (Wildman–Crippen MR) is 75.0 cm³/mol. The minimum Gasteiger partial charge on any atom is -0.481 e. The summed E-state index contributed by atoms with van der Waals surface area (Å²) in [6, 6.07) is 7.39. The van der Waals surface area contributed by atoms with Gasteiger partial charge >= 0.3 is 5.97 Å². The number of nitrogens with zero attached hydrogens (tertiary/aromatic N) is 1. The highest BCUT2D eigenvalue weighted by Gasteiger charge is 2.39. The topological polar surface area (TPSA) is 57.6 Å². The first kappa shape index (κ1) is 12.9. The number of carboxylic acid groups (broad SMARTS) is 1. The van der Waals surface area contributed by atoms with E-state index in [1.165, 1.54) is 0 Å². The fraction of sp³-hybridized carbons (Fsp3) is 0.375. The Balaban J connectivity index is 1.87. The van der Waals surface area contributed by atoms with E-state index in [0.29, 0.717) is 24.1 Å². The van der Waals surface area contributed by atoms with Gasteiger partial charge < -0.3 is 10.0 Å². The Labute approximate surface area is 117 Å². The van der Waals surface area contributed by atoms with Gasteiger partial charge in [0.2, 0.25) is 0 Å². The number of carboxylic acids is 1. The number of rotatable bonds is 2. The van der Waals surface area contributed by atoms with Gasteiger partial charge in [-0.25, -0.2) is 0 Å². The summed E-state index contributed by atoms with van der Waals surface area (Å²) in [6.45, 7) is 4.03. The average molecular weight is 271 g/mol. The highest BCUT2D eigenvalue weighted by atomic mass is 16.4. The predicted octanol–water partition coefficient (Wildman–Crippen LogP) is 2.76. The van der Waals surface area contributed by atoms with Crippen molar-refractivity contribution in [2.24, 2.45) is 5.92 Å². The number of hydrogen-bond donors (Lipinski definition) is 1. The molecule has 1 aliphatic heterocycles. The zero-order chi connectivity index (χ0) is 14.3. The van der Waals surface area contributed by atoms with Gasteiger partial charge in [-0.3, -0.25) is 9.59 Å². The molecule has 2 unspecified atom stereocenters. The summed E-state index contributed by atoms with van der Waals surface area (Å²) in [5.74, 6) is -1.15. The first-order chi connectivity index (χ1) is 9.59. The number of fused-ring (bicyclic) bond motifs is 1. The number of carbonyl (C=O) groups is 2. The molecule has 1 aromatic rings. The van der Waals surface area contributed by atoms with Crippen LogP contribution in [0.15, 0.2) is 30.8 Å². The van der Waals surface area contributed by atoms with Gasteiger partial charge in [0.1, 0.15) is 0 Å². The highest BCUT2D eigenvalue weighted by Crippen LogP contribution is 2.38. The van der Waals surface area contributed by atoms with E-state index < -0.39 is 5.97 Å². The Morgan fingerprint density at radius 2 is 1.95 bits per heavy atom. The van der Waals surface area contributed by atoms with Crippen molar-refractivity contribution < 1.29 is 14.7 Å². The molecule has 1 aliphatic carbocycles. The van der Waals surface area contributed by atoms with Crippen LogP contribution < -0.4 is 0 Å². The van der Waals surface area contributed by atoms with Gasteiger partial charge in [-0.15, -0.1) is 0 Å². The van der Waals surface area contributed by atoms with E-state index in [2.05, 4.69) is 6.58 Å². The molecule has 4 nitrogen and oxygen atoms in total. The molecular formula is C16H17NO3. The molecule has 104 valence electrons. The van der Waals surface area contributed by atoms with Crippen LogP contribution in [0.4, 0.5) is 0 Å². The Morgan fingerprint density at radius 1 is 1.25 bits per heavy atom. The van der Waals surface area contributed by atoms with Crippen molar-refractivity contribution >= 4 is 17.6 Å². The van der Waals surface area contributed by atoms with E-state index in [1.54, 1.807) is 11.0 Å². The van der Waals surface area contributed by atoms with E-state index in [0.717, 1.165) is 18.4 Å². The Morgan fingerprint density at radius 3 is 2.60 bits per heavy atom. The lowest BCUT2D eigenvalue weighted by Crippen LogP contribution is -2.39. The summed E-state index contributed by atoms with van der Waals surface area (Å²) < 4.78 is 0. The molecule has 20 heavy (non-hydrogen) atoms. The van der Waals surface area contributed by atoms with E-state index in [9.17, 15) is 14.7 Å². The van der Waals surface area contributed by atoms with Crippen molar-refractivity contribution in [3.63, 3.8) is 0 Å². The van der Waals surface area contributed by atoms with Crippen LogP contribution in [0.3, 0.4) is 0 Å². The van der Waals surface area contributed by atoms with Gasteiger partial charge in [0.25, 0.3) is 5.91 Å². The maximum Gasteiger partial charge on any atom is 0.306 e. The molecule has 0 bridgehead atoms. The molecule has 4 heteroatoms. The van der Waals surface area contributed by atoms with Crippen molar-refractivity contribution in [3.8, 4) is 0 Å². The lowest BCUT2D eigenvalue weighted by Gasteiger charge is -2.34. The van der Waals surface area contributed by atoms with E-state index in [-0.39, 0.29) is 17.9 Å². The maximum atomic E-state index is 12.5. The molecule has 1 saturated carbocycles. The Kier molecular flexibility index (Phi) is 3.08. The normalized spacial score (nSPS) is 25.7. The summed E-state index contributed by atoms with van der Waals surface area (Å²) >= 11 is 0. The SMILES string of the molecule is C=C1c2ccccc2C(=O)N1C1CCCC(C(=O)O)C1. The molecule has 1 aromatic carbocycles. The number of benzene rings is 1. The Hall–Kier alpha value is -2.10. The van der Waals surface area contributed by atoms with Gasteiger partial charge in [-0.2, -0.15) is 0 Å². The number of amides is 1. The fourth-order valence-corrected chi connectivity index (χ4v) is 3.31. The van der Waals surface area contributed by atoms with E-state index in [4.69, 9.17) is 0 Å². The lowest BCUT2D eigenvalue weighted by molar-refractivity contribution is -0.143. The van der Waals surface area contributed by atoms with E-state index in [1.807, 2.05) is 18.2 Å². The summed E-state index contributed by atoms with van der Waals surface area (Å²) in [6.07, 6.45) is 2.92. The smallest absolute Gasteiger partial charge is 0.306 e. The first-order valence-electron chi connectivity index (χ1n) is 6.94. The largest absolute Gasteiger partial charge is 0.481 e. The molecule has 1 amide bonds. The second kappa shape index (κ2) is 4.78. The standard InChI is InChI=1S/C16H17NO3/c1-10-13-7-2-3-8-14(13)15(18)17(10)12-6-4-5-11(9-12)16(19)20/h2-3,7-8,11-12H,1,4-6,9H2,(H,19,20). The van der Waals surface area contributed by atoms with Gasteiger partial charge in [0, 0.05) is 22.9 Å². The molecule has 1 N–H and O–H groups in total. The molecule has 1 fully saturated rings. The third-order valence-corrected chi connectivity index (χ3v) is 4.34. The van der Waals surface area contributed by atoms with Gasteiger partial charge in [0.05, 0.1) is 5.92 Å². The lowest BCUT2D eigenvalue weighted by atomic mass is 9.85.